The largest absolute Gasteiger partial charge is 0.505 e. The number of aromatic hydroxyl groups is 1. The normalized spacial score (nSPS) is 11.0. The van der Waals surface area contributed by atoms with Crippen molar-refractivity contribution in [3.63, 3.8) is 0 Å². The van der Waals surface area contributed by atoms with Crippen LogP contribution in [0, 0.1) is 17.1 Å². The molecular formula is C11H11ClFNO2. The van der Waals surface area contributed by atoms with Crippen molar-refractivity contribution in [3.05, 3.63) is 22.5 Å². The Balaban J connectivity index is 3.66. The molecule has 0 amide bonds. The lowest BCUT2D eigenvalue weighted by Crippen LogP contribution is -2.18. The highest BCUT2D eigenvalue weighted by atomic mass is 35.5. The smallest absolute Gasteiger partial charge is 0.173 e. The summed E-state index contributed by atoms with van der Waals surface area (Å²) in [5.41, 5.74) is -1.18. The average Bonchev–Trinajstić information content (AvgIpc) is 2.22. The highest BCUT2D eigenvalue weighted by Crippen LogP contribution is 2.42. The molecular weight excluding hydrogens is 233 g/mol. The number of phenols is 1. The summed E-state index contributed by atoms with van der Waals surface area (Å²) in [6, 6.07) is 2.99. The molecule has 0 aromatic heterocycles. The van der Waals surface area contributed by atoms with E-state index in [4.69, 9.17) is 21.6 Å². The van der Waals surface area contributed by atoms with Gasteiger partial charge in [0.2, 0.25) is 0 Å². The molecule has 0 atom stereocenters. The third-order valence-corrected chi connectivity index (χ3v) is 2.54. The first-order chi connectivity index (χ1) is 7.35. The van der Waals surface area contributed by atoms with Crippen molar-refractivity contribution in [2.45, 2.75) is 19.3 Å². The molecule has 1 aromatic rings. The van der Waals surface area contributed by atoms with E-state index in [-0.39, 0.29) is 16.3 Å². The second-order valence-corrected chi connectivity index (χ2v) is 4.24. The fourth-order valence-corrected chi connectivity index (χ4v) is 1.68. The summed E-state index contributed by atoms with van der Waals surface area (Å²) in [7, 11) is 1.33. The summed E-state index contributed by atoms with van der Waals surface area (Å²) in [5, 5.41) is 18.4. The molecule has 0 unspecified atom stereocenters. The Morgan fingerprint density at radius 2 is 2.12 bits per heavy atom. The van der Waals surface area contributed by atoms with Crippen LogP contribution in [0.2, 0.25) is 5.02 Å². The molecule has 0 saturated carbocycles. The number of hydrogen-bond acceptors (Lipinski definition) is 3. The Hall–Kier alpha value is -1.47. The summed E-state index contributed by atoms with van der Waals surface area (Å²) >= 11 is 5.81. The van der Waals surface area contributed by atoms with E-state index in [1.54, 1.807) is 0 Å². The molecule has 0 heterocycles. The van der Waals surface area contributed by atoms with Crippen LogP contribution in [-0.2, 0) is 5.41 Å². The third-order valence-electron chi connectivity index (χ3n) is 2.26. The van der Waals surface area contributed by atoms with Gasteiger partial charge in [-0.25, -0.2) is 4.39 Å². The predicted octanol–water partition coefficient (Wildman–Crippen LogP) is 2.99. The van der Waals surface area contributed by atoms with Crippen molar-refractivity contribution in [3.8, 4) is 17.6 Å². The van der Waals surface area contributed by atoms with E-state index < -0.39 is 17.0 Å². The van der Waals surface area contributed by atoms with Gasteiger partial charge < -0.3 is 9.84 Å². The van der Waals surface area contributed by atoms with Gasteiger partial charge in [0, 0.05) is 6.07 Å². The highest BCUT2D eigenvalue weighted by Gasteiger charge is 2.31. The number of hydrogen-bond donors (Lipinski definition) is 1. The zero-order chi connectivity index (χ0) is 12.5. The van der Waals surface area contributed by atoms with Gasteiger partial charge in [-0.2, -0.15) is 5.26 Å². The van der Waals surface area contributed by atoms with Crippen molar-refractivity contribution in [2.75, 3.05) is 7.11 Å². The summed E-state index contributed by atoms with van der Waals surface area (Å²) < 4.78 is 18.7. The van der Waals surface area contributed by atoms with E-state index in [0.717, 1.165) is 6.07 Å². The number of methoxy groups -OCH3 is 1. The minimum atomic E-state index is -1.14. The van der Waals surface area contributed by atoms with Crippen molar-refractivity contribution in [2.24, 2.45) is 0 Å². The molecule has 16 heavy (non-hydrogen) atoms. The SMILES string of the molecule is COc1c(Cl)cc(O)c(F)c1C(C)(C)C#N. The molecule has 0 bridgehead atoms. The van der Waals surface area contributed by atoms with Crippen molar-refractivity contribution in [1.82, 2.24) is 0 Å². The molecule has 5 heteroatoms. The predicted molar refractivity (Wildman–Crippen MR) is 58.3 cm³/mol. The van der Waals surface area contributed by atoms with Gasteiger partial charge in [0.15, 0.2) is 11.6 Å². The molecule has 0 aliphatic heterocycles. The number of ether oxygens (including phenoxy) is 1. The standard InChI is InChI=1S/C11H11ClFNO2/c1-11(2,5-14)8-9(13)7(15)4-6(12)10(8)16-3/h4,15H,1-3H3. The van der Waals surface area contributed by atoms with E-state index in [2.05, 4.69) is 0 Å². The zero-order valence-electron chi connectivity index (χ0n) is 9.14. The van der Waals surface area contributed by atoms with Crippen molar-refractivity contribution >= 4 is 11.6 Å². The maximum atomic E-state index is 13.8. The number of rotatable bonds is 2. The highest BCUT2D eigenvalue weighted by molar-refractivity contribution is 6.32. The van der Waals surface area contributed by atoms with Crippen molar-refractivity contribution in [1.29, 1.82) is 5.26 Å². The summed E-state index contributed by atoms with van der Waals surface area (Å²) in [6.07, 6.45) is 0. The maximum absolute atomic E-state index is 13.8. The number of benzene rings is 1. The van der Waals surface area contributed by atoms with Crippen LogP contribution >= 0.6 is 11.6 Å². The van der Waals surface area contributed by atoms with E-state index in [1.165, 1.54) is 21.0 Å². The molecule has 0 aliphatic carbocycles. The molecule has 0 saturated heterocycles. The van der Waals surface area contributed by atoms with E-state index in [0.29, 0.717) is 0 Å². The minimum Gasteiger partial charge on any atom is -0.505 e. The quantitative estimate of drug-likeness (QED) is 0.869. The monoisotopic (exact) mass is 243 g/mol. The molecule has 86 valence electrons. The van der Waals surface area contributed by atoms with Crippen LogP contribution in [0.5, 0.6) is 11.5 Å². The molecule has 0 aliphatic rings. The Bertz CT molecular complexity index is 466. The van der Waals surface area contributed by atoms with Crippen molar-refractivity contribution < 1.29 is 14.2 Å². The number of nitriles is 1. The van der Waals surface area contributed by atoms with Crippen LogP contribution in [0.25, 0.3) is 0 Å². The first-order valence-electron chi connectivity index (χ1n) is 4.51. The lowest BCUT2D eigenvalue weighted by molar-refractivity contribution is 0.380. The van der Waals surface area contributed by atoms with Crippen LogP contribution in [0.3, 0.4) is 0 Å². The number of phenolic OH excluding ortho intramolecular Hbond substituents is 1. The van der Waals surface area contributed by atoms with E-state index >= 15 is 0 Å². The summed E-state index contributed by atoms with van der Waals surface area (Å²) in [4.78, 5) is 0. The van der Waals surface area contributed by atoms with E-state index in [1.807, 2.05) is 6.07 Å². The topological polar surface area (TPSA) is 53.2 Å². The Morgan fingerprint density at radius 1 is 1.56 bits per heavy atom. The van der Waals surface area contributed by atoms with Gasteiger partial charge in [0.25, 0.3) is 0 Å². The van der Waals surface area contributed by atoms with Gasteiger partial charge in [-0.15, -0.1) is 0 Å². The molecule has 0 spiro atoms. The number of halogens is 2. The number of nitrogens with zero attached hydrogens (tertiary/aromatic N) is 1. The average molecular weight is 244 g/mol. The van der Waals surface area contributed by atoms with Gasteiger partial charge in [0.05, 0.1) is 29.2 Å². The van der Waals surface area contributed by atoms with Gasteiger partial charge in [-0.1, -0.05) is 11.6 Å². The Kier molecular flexibility index (Phi) is 3.30. The second kappa shape index (κ2) is 4.18. The molecule has 3 nitrogen and oxygen atoms in total. The zero-order valence-corrected chi connectivity index (χ0v) is 9.89. The second-order valence-electron chi connectivity index (χ2n) is 3.84. The lowest BCUT2D eigenvalue weighted by atomic mass is 9.85. The van der Waals surface area contributed by atoms with Crippen LogP contribution in [0.1, 0.15) is 19.4 Å². The van der Waals surface area contributed by atoms with Gasteiger partial charge in [-0.05, 0) is 13.8 Å². The Labute approximate surface area is 98.0 Å². The first-order valence-corrected chi connectivity index (χ1v) is 4.89. The molecule has 1 rings (SSSR count). The fourth-order valence-electron chi connectivity index (χ4n) is 1.41. The molecule has 1 aromatic carbocycles. The molecule has 1 N–H and O–H groups in total. The molecule has 0 radical (unpaired) electrons. The Morgan fingerprint density at radius 3 is 2.56 bits per heavy atom. The van der Waals surface area contributed by atoms with Crippen LogP contribution < -0.4 is 4.74 Å². The minimum absolute atomic E-state index is 0.0394. The maximum Gasteiger partial charge on any atom is 0.173 e. The van der Waals surface area contributed by atoms with Crippen LogP contribution in [-0.4, -0.2) is 12.2 Å². The van der Waals surface area contributed by atoms with Crippen LogP contribution in [0.4, 0.5) is 4.39 Å². The lowest BCUT2D eigenvalue weighted by Gasteiger charge is -2.21. The molecule has 0 fully saturated rings. The van der Waals surface area contributed by atoms with E-state index in [9.17, 15) is 9.50 Å². The van der Waals surface area contributed by atoms with Gasteiger partial charge >= 0.3 is 0 Å². The summed E-state index contributed by atoms with van der Waals surface area (Å²) in [5.74, 6) is -1.40. The van der Waals surface area contributed by atoms with Gasteiger partial charge in [0.1, 0.15) is 5.75 Å². The summed E-state index contributed by atoms with van der Waals surface area (Å²) in [6.45, 7) is 3.04. The van der Waals surface area contributed by atoms with Crippen LogP contribution in [0.15, 0.2) is 6.07 Å². The first kappa shape index (κ1) is 12.6. The fraction of sp³-hybridized carbons (Fsp3) is 0.364. The third kappa shape index (κ3) is 1.91. The van der Waals surface area contributed by atoms with Gasteiger partial charge in [-0.3, -0.25) is 0 Å².